The maximum Gasteiger partial charge on any atom is 0.203 e. The van der Waals surface area contributed by atoms with Crippen molar-refractivity contribution in [2.24, 2.45) is 0 Å². The molecule has 0 aliphatic heterocycles. The summed E-state index contributed by atoms with van der Waals surface area (Å²) >= 11 is 15.3. The maximum atomic E-state index is 12.9. The van der Waals surface area contributed by atoms with E-state index in [-0.39, 0.29) is 0 Å². The van der Waals surface area contributed by atoms with Gasteiger partial charge in [0, 0.05) is 0 Å². The number of hydrogen-bond donors (Lipinski definition) is 0. The highest BCUT2D eigenvalue weighted by atomic mass is 35.5. The molecule has 1 rings (SSSR count). The monoisotopic (exact) mass is 266 g/mol. The number of rotatable bonds is 1. The minimum absolute atomic E-state index is 0.773. The Kier molecular flexibility index (Phi) is 3.50. The van der Waals surface area contributed by atoms with E-state index in [0.717, 1.165) is 0 Å². The van der Waals surface area contributed by atoms with E-state index in [1.54, 1.807) is 0 Å². The van der Waals surface area contributed by atoms with Crippen LogP contribution in [0.4, 0.5) is 17.6 Å². The second-order valence-corrected chi connectivity index (χ2v) is 3.42. The molecule has 0 amide bonds. The summed E-state index contributed by atoms with van der Waals surface area (Å²) < 4.78 is 50.8. The van der Waals surface area contributed by atoms with Gasteiger partial charge in [-0.1, -0.05) is 34.8 Å². The average molecular weight is 267 g/mol. The molecule has 7 heteroatoms. The zero-order valence-electron chi connectivity index (χ0n) is 6.22. The third-order valence-electron chi connectivity index (χ3n) is 1.46. The molecule has 0 bridgehead atoms. The van der Waals surface area contributed by atoms with Crippen LogP contribution in [-0.2, 0) is 0 Å². The Bertz CT molecular complexity index is 349. The van der Waals surface area contributed by atoms with Crippen LogP contribution in [0, 0.1) is 17.5 Å². The average Bonchev–Trinajstić information content (AvgIpc) is 2.11. The fourth-order valence-electron chi connectivity index (χ4n) is 0.813. The molecular formula is C7HCl3F4. The predicted molar refractivity (Wildman–Crippen MR) is 46.0 cm³/mol. The third-order valence-corrected chi connectivity index (χ3v) is 2.52. The van der Waals surface area contributed by atoms with Crippen molar-refractivity contribution in [3.63, 3.8) is 0 Å². The fraction of sp³-hybridized carbons (Fsp3) is 0.143. The van der Waals surface area contributed by atoms with Gasteiger partial charge >= 0.3 is 0 Å². The van der Waals surface area contributed by atoms with Gasteiger partial charge in [-0.05, 0) is 0 Å². The van der Waals surface area contributed by atoms with Crippen molar-refractivity contribution in [2.45, 2.75) is 5.63 Å². The minimum Gasteiger partial charge on any atom is -0.224 e. The third kappa shape index (κ3) is 1.78. The summed E-state index contributed by atoms with van der Waals surface area (Å²) in [6, 6.07) is 0. The lowest BCUT2D eigenvalue weighted by Gasteiger charge is -2.08. The van der Waals surface area contributed by atoms with Crippen molar-refractivity contribution in [1.29, 1.82) is 0 Å². The lowest BCUT2D eigenvalue weighted by Crippen LogP contribution is -2.00. The van der Waals surface area contributed by atoms with Crippen LogP contribution in [0.5, 0.6) is 0 Å². The quantitative estimate of drug-likeness (QED) is 0.301. The van der Waals surface area contributed by atoms with Crippen LogP contribution in [0.1, 0.15) is 11.2 Å². The molecule has 78 valence electrons. The van der Waals surface area contributed by atoms with Gasteiger partial charge in [-0.15, -0.1) is 0 Å². The highest BCUT2D eigenvalue weighted by molar-refractivity contribution is 6.43. The predicted octanol–water partition coefficient (Wildman–Crippen LogP) is 4.62. The molecule has 1 aromatic rings. The molecule has 0 saturated heterocycles. The Labute approximate surface area is 91.4 Å². The Hall–Kier alpha value is -0.190. The van der Waals surface area contributed by atoms with Crippen molar-refractivity contribution >= 4 is 34.8 Å². The van der Waals surface area contributed by atoms with Crippen molar-refractivity contribution in [2.75, 3.05) is 0 Å². The fourth-order valence-corrected chi connectivity index (χ4v) is 1.52. The van der Waals surface area contributed by atoms with E-state index in [1.807, 2.05) is 0 Å². The van der Waals surface area contributed by atoms with E-state index in [9.17, 15) is 17.6 Å². The second-order valence-electron chi connectivity index (χ2n) is 2.28. The first-order chi connectivity index (χ1) is 6.37. The number of alkyl halides is 2. The maximum absolute atomic E-state index is 12.9. The largest absolute Gasteiger partial charge is 0.224 e. The van der Waals surface area contributed by atoms with Crippen LogP contribution >= 0.6 is 34.8 Å². The highest BCUT2D eigenvalue weighted by Gasteiger charge is 2.26. The molecule has 0 heterocycles. The number of benzene rings is 1. The summed E-state index contributed by atoms with van der Waals surface area (Å²) in [5.41, 5.74) is -3.40. The molecule has 1 atom stereocenters. The van der Waals surface area contributed by atoms with Crippen molar-refractivity contribution in [1.82, 2.24) is 0 Å². The molecule has 0 nitrogen and oxygen atoms in total. The SMILES string of the molecule is Fc1c(F)c(Cl)c(Cl)c(C(F)Cl)c1F. The molecule has 1 aromatic carbocycles. The normalized spacial score (nSPS) is 13.1. The van der Waals surface area contributed by atoms with Crippen LogP contribution in [0.25, 0.3) is 0 Å². The molecule has 0 fully saturated rings. The molecule has 0 aliphatic carbocycles. The molecule has 0 radical (unpaired) electrons. The summed E-state index contributed by atoms with van der Waals surface area (Å²) in [5.74, 6) is -5.35. The van der Waals surface area contributed by atoms with Crippen LogP contribution in [0.3, 0.4) is 0 Å². The van der Waals surface area contributed by atoms with Gasteiger partial charge in [0.05, 0.1) is 15.6 Å². The number of halogens is 7. The van der Waals surface area contributed by atoms with Gasteiger partial charge in [-0.25, -0.2) is 17.6 Å². The highest BCUT2D eigenvalue weighted by Crippen LogP contribution is 2.38. The van der Waals surface area contributed by atoms with E-state index in [4.69, 9.17) is 34.8 Å². The summed E-state index contributed by atoms with van der Waals surface area (Å²) in [7, 11) is 0. The van der Waals surface area contributed by atoms with Crippen LogP contribution in [0.15, 0.2) is 0 Å². The number of hydrogen-bond acceptors (Lipinski definition) is 0. The first kappa shape index (κ1) is 11.9. The van der Waals surface area contributed by atoms with E-state index in [0.29, 0.717) is 0 Å². The van der Waals surface area contributed by atoms with Gasteiger partial charge in [-0.2, -0.15) is 0 Å². The first-order valence-electron chi connectivity index (χ1n) is 3.17. The van der Waals surface area contributed by atoms with Gasteiger partial charge in [0.2, 0.25) is 5.63 Å². The van der Waals surface area contributed by atoms with Gasteiger partial charge in [0.15, 0.2) is 17.5 Å². The zero-order chi connectivity index (χ0) is 11.0. The minimum atomic E-state index is -2.39. The Morgan fingerprint density at radius 1 is 0.857 bits per heavy atom. The molecule has 0 aromatic heterocycles. The topological polar surface area (TPSA) is 0 Å². The van der Waals surface area contributed by atoms with Gasteiger partial charge in [0.25, 0.3) is 0 Å². The summed E-state index contributed by atoms with van der Waals surface area (Å²) in [6.45, 7) is 0. The van der Waals surface area contributed by atoms with E-state index in [2.05, 4.69) is 0 Å². The van der Waals surface area contributed by atoms with Crippen LogP contribution in [0.2, 0.25) is 10.0 Å². The first-order valence-corrected chi connectivity index (χ1v) is 4.36. The Morgan fingerprint density at radius 2 is 1.36 bits per heavy atom. The molecule has 14 heavy (non-hydrogen) atoms. The van der Waals surface area contributed by atoms with Gasteiger partial charge in [0.1, 0.15) is 0 Å². The molecule has 0 saturated carbocycles. The van der Waals surface area contributed by atoms with E-state index in [1.165, 1.54) is 0 Å². The second kappa shape index (κ2) is 4.13. The summed E-state index contributed by atoms with van der Waals surface area (Å²) in [4.78, 5) is 0. The summed E-state index contributed by atoms with van der Waals surface area (Å²) in [6.07, 6.45) is 0. The smallest absolute Gasteiger partial charge is 0.203 e. The zero-order valence-corrected chi connectivity index (χ0v) is 8.49. The van der Waals surface area contributed by atoms with E-state index < -0.39 is 38.7 Å². The standard InChI is InChI=1S/C7HCl3F4/c8-2-1(7(10)14)4(11)6(13)5(12)3(2)9/h7H. The van der Waals surface area contributed by atoms with Gasteiger partial charge < -0.3 is 0 Å². The molecular weight excluding hydrogens is 266 g/mol. The molecule has 0 spiro atoms. The molecule has 1 unspecified atom stereocenters. The Balaban J connectivity index is 3.60. The lowest BCUT2D eigenvalue weighted by atomic mass is 10.2. The molecule has 0 aliphatic rings. The lowest BCUT2D eigenvalue weighted by molar-refractivity contribution is 0.405. The summed E-state index contributed by atoms with van der Waals surface area (Å²) in [5, 5.41) is -1.67. The van der Waals surface area contributed by atoms with Crippen molar-refractivity contribution < 1.29 is 17.6 Å². The van der Waals surface area contributed by atoms with E-state index >= 15 is 0 Å². The van der Waals surface area contributed by atoms with Crippen LogP contribution in [-0.4, -0.2) is 0 Å². The molecule has 0 N–H and O–H groups in total. The van der Waals surface area contributed by atoms with Crippen molar-refractivity contribution in [3.05, 3.63) is 33.1 Å². The van der Waals surface area contributed by atoms with Gasteiger partial charge in [-0.3, -0.25) is 0 Å². The van der Waals surface area contributed by atoms with Crippen LogP contribution < -0.4 is 0 Å². The van der Waals surface area contributed by atoms with Crippen molar-refractivity contribution in [3.8, 4) is 0 Å². The Morgan fingerprint density at radius 3 is 1.79 bits per heavy atom.